The van der Waals surface area contributed by atoms with E-state index in [0.717, 1.165) is 0 Å². The molecule has 3 rings (SSSR count). The molecule has 0 aliphatic carbocycles. The third-order valence-electron chi connectivity index (χ3n) is 4.78. The highest BCUT2D eigenvalue weighted by Gasteiger charge is 2.29. The Hall–Kier alpha value is -2.74. The number of aliphatic carboxylic acids is 1. The van der Waals surface area contributed by atoms with Crippen molar-refractivity contribution in [3.63, 3.8) is 0 Å². The summed E-state index contributed by atoms with van der Waals surface area (Å²) in [6.07, 6.45) is 2.60. The summed E-state index contributed by atoms with van der Waals surface area (Å²) in [7, 11) is 0. The number of carbonyl (C=O) groups is 2. The van der Waals surface area contributed by atoms with Gasteiger partial charge in [-0.2, -0.15) is 5.10 Å². The molecule has 27 heavy (non-hydrogen) atoms. The van der Waals surface area contributed by atoms with Crippen molar-refractivity contribution in [3.8, 4) is 5.69 Å². The summed E-state index contributed by atoms with van der Waals surface area (Å²) in [5.41, 5.74) is 1.12. The lowest BCUT2D eigenvalue weighted by Gasteiger charge is -2.34. The maximum Gasteiger partial charge on any atom is 0.305 e. The van der Waals surface area contributed by atoms with Gasteiger partial charge in [0.05, 0.1) is 23.9 Å². The maximum atomic E-state index is 14.1. The van der Waals surface area contributed by atoms with Crippen LogP contribution in [0.3, 0.4) is 0 Å². The van der Waals surface area contributed by atoms with Crippen molar-refractivity contribution >= 4 is 11.9 Å². The monoisotopic (exact) mass is 375 g/mol. The van der Waals surface area contributed by atoms with Crippen LogP contribution in [0.4, 0.5) is 4.39 Å². The van der Waals surface area contributed by atoms with E-state index in [0.29, 0.717) is 37.3 Å². The fourth-order valence-electron chi connectivity index (χ4n) is 3.30. The fraction of sp³-hybridized carbons (Fsp3) is 0.421. The molecule has 1 aromatic carbocycles. The first-order chi connectivity index (χ1) is 13.0. The average molecular weight is 375 g/mol. The molecule has 0 spiro atoms. The van der Waals surface area contributed by atoms with E-state index >= 15 is 0 Å². The van der Waals surface area contributed by atoms with Crippen molar-refractivity contribution in [3.05, 3.63) is 47.5 Å². The molecule has 1 fully saturated rings. The summed E-state index contributed by atoms with van der Waals surface area (Å²) < 4.78 is 20.8. The normalized spacial score (nSPS) is 14.9. The van der Waals surface area contributed by atoms with Gasteiger partial charge in [-0.15, -0.1) is 0 Å². The smallest absolute Gasteiger partial charge is 0.305 e. The Labute approximate surface area is 156 Å². The van der Waals surface area contributed by atoms with Gasteiger partial charge in [0.2, 0.25) is 0 Å². The van der Waals surface area contributed by atoms with Crippen LogP contribution in [0.1, 0.15) is 35.3 Å². The van der Waals surface area contributed by atoms with Gasteiger partial charge in [0.1, 0.15) is 11.5 Å². The van der Waals surface area contributed by atoms with Gasteiger partial charge in [0, 0.05) is 25.8 Å². The van der Waals surface area contributed by atoms with E-state index in [1.807, 2.05) is 0 Å². The number of hydrogen-bond donors (Lipinski definition) is 1. The van der Waals surface area contributed by atoms with Crippen molar-refractivity contribution in [1.82, 2.24) is 14.7 Å². The van der Waals surface area contributed by atoms with Crippen LogP contribution < -0.4 is 0 Å². The van der Waals surface area contributed by atoms with Crippen LogP contribution in [0.2, 0.25) is 0 Å². The number of amides is 1. The molecular weight excluding hydrogens is 353 g/mol. The average Bonchev–Trinajstić information content (AvgIpc) is 3.04. The van der Waals surface area contributed by atoms with E-state index in [9.17, 15) is 14.0 Å². The molecule has 0 radical (unpaired) electrons. The van der Waals surface area contributed by atoms with Crippen LogP contribution in [0, 0.1) is 12.7 Å². The SMILES string of the molecule is Cc1c(C(=O)N(CCC(=O)O)C2CCOCC2)cnn1-c1ccccc1F. The molecular formula is C19H22FN3O4. The Morgan fingerprint density at radius 1 is 1.33 bits per heavy atom. The highest BCUT2D eigenvalue weighted by molar-refractivity contribution is 5.95. The quantitative estimate of drug-likeness (QED) is 0.838. The van der Waals surface area contributed by atoms with Crippen LogP contribution in [0.25, 0.3) is 5.69 Å². The Bertz CT molecular complexity index is 830. The van der Waals surface area contributed by atoms with E-state index in [1.54, 1.807) is 30.0 Å². The van der Waals surface area contributed by atoms with E-state index < -0.39 is 11.8 Å². The minimum absolute atomic E-state index is 0.0817. The fourth-order valence-corrected chi connectivity index (χ4v) is 3.30. The molecule has 2 heterocycles. The third-order valence-corrected chi connectivity index (χ3v) is 4.78. The van der Waals surface area contributed by atoms with E-state index in [4.69, 9.17) is 9.84 Å². The highest BCUT2D eigenvalue weighted by Crippen LogP contribution is 2.22. The van der Waals surface area contributed by atoms with E-state index in [1.165, 1.54) is 16.9 Å². The Morgan fingerprint density at radius 3 is 2.70 bits per heavy atom. The molecule has 1 aliphatic heterocycles. The lowest BCUT2D eigenvalue weighted by atomic mass is 10.0. The van der Waals surface area contributed by atoms with Gasteiger partial charge in [-0.3, -0.25) is 9.59 Å². The Morgan fingerprint density at radius 2 is 2.04 bits per heavy atom. The summed E-state index contributed by atoms with van der Waals surface area (Å²) in [4.78, 5) is 25.8. The molecule has 0 unspecified atom stereocenters. The predicted octanol–water partition coefficient (Wildman–Crippen LogP) is 2.42. The van der Waals surface area contributed by atoms with Gasteiger partial charge < -0.3 is 14.7 Å². The molecule has 2 aromatic rings. The molecule has 1 aromatic heterocycles. The largest absolute Gasteiger partial charge is 0.481 e. The molecule has 0 bridgehead atoms. The first-order valence-electron chi connectivity index (χ1n) is 8.89. The number of para-hydroxylation sites is 1. The number of carbonyl (C=O) groups excluding carboxylic acids is 1. The number of benzene rings is 1. The third kappa shape index (κ3) is 4.16. The molecule has 0 saturated carbocycles. The second-order valence-corrected chi connectivity index (χ2v) is 6.49. The summed E-state index contributed by atoms with van der Waals surface area (Å²) in [5.74, 6) is -1.68. The number of halogens is 1. The zero-order valence-electron chi connectivity index (χ0n) is 15.1. The molecule has 1 amide bonds. The maximum absolute atomic E-state index is 14.1. The molecule has 7 nitrogen and oxygen atoms in total. The zero-order valence-corrected chi connectivity index (χ0v) is 15.1. The number of carboxylic acids is 1. The van der Waals surface area contributed by atoms with Crippen molar-refractivity contribution in [2.45, 2.75) is 32.2 Å². The van der Waals surface area contributed by atoms with Crippen LogP contribution in [0.5, 0.6) is 0 Å². The van der Waals surface area contributed by atoms with Gasteiger partial charge in [-0.1, -0.05) is 12.1 Å². The van der Waals surface area contributed by atoms with E-state index in [-0.39, 0.29) is 30.6 Å². The molecule has 1 aliphatic rings. The molecule has 1 saturated heterocycles. The van der Waals surface area contributed by atoms with Crippen LogP contribution in [-0.2, 0) is 9.53 Å². The first-order valence-corrected chi connectivity index (χ1v) is 8.89. The number of hydrogen-bond acceptors (Lipinski definition) is 4. The van der Waals surface area contributed by atoms with Crippen LogP contribution in [-0.4, -0.2) is 57.5 Å². The van der Waals surface area contributed by atoms with Crippen molar-refractivity contribution in [2.24, 2.45) is 0 Å². The minimum Gasteiger partial charge on any atom is -0.481 e. The van der Waals surface area contributed by atoms with Gasteiger partial charge >= 0.3 is 5.97 Å². The summed E-state index contributed by atoms with van der Waals surface area (Å²) in [6, 6.07) is 6.12. The van der Waals surface area contributed by atoms with Crippen LogP contribution in [0.15, 0.2) is 30.5 Å². The summed E-state index contributed by atoms with van der Waals surface area (Å²) in [6.45, 7) is 2.89. The van der Waals surface area contributed by atoms with Crippen molar-refractivity contribution < 1.29 is 23.8 Å². The topological polar surface area (TPSA) is 84.7 Å². The van der Waals surface area contributed by atoms with Gasteiger partial charge in [-0.05, 0) is 31.9 Å². The molecule has 8 heteroatoms. The van der Waals surface area contributed by atoms with Crippen molar-refractivity contribution in [1.29, 1.82) is 0 Å². The highest BCUT2D eigenvalue weighted by atomic mass is 19.1. The number of rotatable bonds is 6. The standard InChI is InChI=1S/C19H22FN3O4/c1-13-15(12-21-23(13)17-5-3-2-4-16(17)20)19(26)22(9-6-18(24)25)14-7-10-27-11-8-14/h2-5,12,14H,6-11H2,1H3,(H,24,25). The number of aromatic nitrogens is 2. The van der Waals surface area contributed by atoms with Crippen LogP contribution >= 0.6 is 0 Å². The predicted molar refractivity (Wildman–Crippen MR) is 95.4 cm³/mol. The van der Waals surface area contributed by atoms with Gasteiger partial charge in [0.25, 0.3) is 5.91 Å². The summed E-state index contributed by atoms with van der Waals surface area (Å²) in [5, 5.41) is 13.2. The second-order valence-electron chi connectivity index (χ2n) is 6.49. The molecule has 1 N–H and O–H groups in total. The van der Waals surface area contributed by atoms with Gasteiger partial charge in [0.15, 0.2) is 0 Å². The first kappa shape index (κ1) is 19.0. The molecule has 0 atom stereocenters. The van der Waals surface area contributed by atoms with E-state index in [2.05, 4.69) is 5.10 Å². The Kier molecular flexibility index (Phi) is 5.85. The molecule has 144 valence electrons. The minimum atomic E-state index is -0.960. The lowest BCUT2D eigenvalue weighted by molar-refractivity contribution is -0.137. The number of ether oxygens (including phenoxy) is 1. The van der Waals surface area contributed by atoms with Crippen molar-refractivity contribution in [2.75, 3.05) is 19.8 Å². The summed E-state index contributed by atoms with van der Waals surface area (Å²) >= 11 is 0. The zero-order chi connectivity index (χ0) is 19.4. The number of carboxylic acid groups (broad SMARTS) is 1. The van der Waals surface area contributed by atoms with Gasteiger partial charge in [-0.25, -0.2) is 9.07 Å². The Balaban J connectivity index is 1.89. The number of nitrogens with zero attached hydrogens (tertiary/aromatic N) is 3. The lowest BCUT2D eigenvalue weighted by Crippen LogP contribution is -2.44. The second kappa shape index (κ2) is 8.30.